The Bertz CT molecular complexity index is 1240. The van der Waals surface area contributed by atoms with Gasteiger partial charge in [0.15, 0.2) is 0 Å². The van der Waals surface area contributed by atoms with Crippen molar-refractivity contribution < 1.29 is 33.7 Å². The Morgan fingerprint density at radius 3 is 2.49 bits per heavy atom. The maximum atomic E-state index is 13.9. The number of carbonyl (C=O) groups is 3. The lowest BCUT2D eigenvalue weighted by Crippen LogP contribution is -2.55. The van der Waals surface area contributed by atoms with Crippen molar-refractivity contribution in [1.82, 2.24) is 15.2 Å². The molecule has 0 spiro atoms. The van der Waals surface area contributed by atoms with Gasteiger partial charge in [-0.3, -0.25) is 4.79 Å². The summed E-state index contributed by atoms with van der Waals surface area (Å²) < 4.78 is 17.0. The summed E-state index contributed by atoms with van der Waals surface area (Å²) in [5.74, 6) is -0.643. The molecule has 3 rings (SSSR count). The van der Waals surface area contributed by atoms with Gasteiger partial charge >= 0.3 is 12.1 Å². The van der Waals surface area contributed by atoms with E-state index in [0.29, 0.717) is 24.0 Å². The molecule has 41 heavy (non-hydrogen) atoms. The van der Waals surface area contributed by atoms with Crippen molar-refractivity contribution in [2.75, 3.05) is 13.7 Å². The Morgan fingerprint density at radius 2 is 1.88 bits per heavy atom. The van der Waals surface area contributed by atoms with Crippen LogP contribution in [0.3, 0.4) is 0 Å². The number of carboxylic acid groups (broad SMARTS) is 1. The van der Waals surface area contributed by atoms with Crippen molar-refractivity contribution in [3.8, 4) is 11.6 Å². The van der Waals surface area contributed by atoms with Crippen LogP contribution in [-0.2, 0) is 14.3 Å². The Labute approximate surface area is 242 Å². The highest BCUT2D eigenvalue weighted by Gasteiger charge is 2.44. The highest BCUT2D eigenvalue weighted by atomic mass is 16.6. The number of hydrogen-bond acceptors (Lipinski definition) is 7. The number of rotatable bonds is 12. The predicted molar refractivity (Wildman–Crippen MR) is 156 cm³/mol. The first-order chi connectivity index (χ1) is 19.3. The fourth-order valence-corrected chi connectivity index (χ4v) is 5.02. The van der Waals surface area contributed by atoms with Crippen LogP contribution < -0.4 is 14.8 Å². The van der Waals surface area contributed by atoms with Crippen molar-refractivity contribution >= 4 is 28.7 Å². The number of hydrogen-bond donors (Lipinski definition) is 2. The van der Waals surface area contributed by atoms with E-state index in [4.69, 9.17) is 14.2 Å². The lowest BCUT2D eigenvalue weighted by molar-refractivity contribution is -0.149. The first kappa shape index (κ1) is 31.7. The molecule has 1 aromatic heterocycles. The number of ether oxygens (including phenoxy) is 3. The number of amides is 2. The summed E-state index contributed by atoms with van der Waals surface area (Å²) in [5.41, 5.74) is -0.759. The largest absolute Gasteiger partial charge is 0.494 e. The van der Waals surface area contributed by atoms with E-state index >= 15 is 0 Å². The molecule has 2 N–H and O–H groups in total. The van der Waals surface area contributed by atoms with Gasteiger partial charge in [-0.05, 0) is 51.5 Å². The lowest BCUT2D eigenvalue weighted by atomic mass is 9.92. The van der Waals surface area contributed by atoms with Gasteiger partial charge in [0.1, 0.15) is 29.5 Å². The number of nitrogens with one attached hydrogen (secondary N) is 1. The second-order valence-corrected chi connectivity index (χ2v) is 11.7. The lowest BCUT2D eigenvalue weighted by Gasteiger charge is -2.31. The van der Waals surface area contributed by atoms with Gasteiger partial charge in [0.25, 0.3) is 0 Å². The zero-order valence-corrected chi connectivity index (χ0v) is 24.9. The number of aliphatic carboxylic acids is 1. The molecule has 1 saturated heterocycles. The standard InChI is InChI=1S/C31H43N3O7/c1-8-19(2)12-11-13-20(3)26(33-30(38)41-31(4,5)6)28(35)34-18-21(16-24(34)29(36)37)40-27-23-15-10-9-14-22(23)25(39-7)17-32-27/h8-10,14-15,17,19-21,24,26H,1,11-13,16,18H2,2-7H3,(H,33,38)(H,36,37)/t19?,20-,21-,24+,26+/m1/s1. The SMILES string of the molecule is C=CC(C)CCC[C@@H](C)[C@H](NC(=O)OC(C)(C)C)C(=O)N1C[C@H](Oc2ncc(OC)c3ccccc23)C[C@H]1C(=O)O. The zero-order valence-electron chi connectivity index (χ0n) is 24.9. The van der Waals surface area contributed by atoms with Crippen LogP contribution in [0, 0.1) is 11.8 Å². The first-order valence-corrected chi connectivity index (χ1v) is 14.1. The molecule has 1 fully saturated rings. The average Bonchev–Trinajstić information content (AvgIpc) is 3.34. The minimum atomic E-state index is -1.14. The van der Waals surface area contributed by atoms with E-state index in [2.05, 4.69) is 23.8 Å². The van der Waals surface area contributed by atoms with Crippen LogP contribution in [0.2, 0.25) is 0 Å². The Balaban J connectivity index is 1.83. The molecular formula is C31H43N3O7. The van der Waals surface area contributed by atoms with Gasteiger partial charge in [0.05, 0.1) is 19.9 Å². The molecule has 10 heteroatoms. The summed E-state index contributed by atoms with van der Waals surface area (Å²) in [6.07, 6.45) is 4.53. The number of carboxylic acids is 1. The van der Waals surface area contributed by atoms with Gasteiger partial charge < -0.3 is 29.5 Å². The molecule has 0 radical (unpaired) electrons. The summed E-state index contributed by atoms with van der Waals surface area (Å²) in [7, 11) is 1.56. The van der Waals surface area contributed by atoms with E-state index < -0.39 is 41.8 Å². The van der Waals surface area contributed by atoms with Crippen LogP contribution in [0.25, 0.3) is 10.8 Å². The molecule has 2 heterocycles. The number of methoxy groups -OCH3 is 1. The molecule has 1 aliphatic rings. The van der Waals surface area contributed by atoms with E-state index in [1.165, 1.54) is 4.90 Å². The van der Waals surface area contributed by atoms with E-state index in [1.807, 2.05) is 37.3 Å². The molecular weight excluding hydrogens is 526 g/mol. The molecule has 10 nitrogen and oxygen atoms in total. The third-order valence-electron chi connectivity index (χ3n) is 7.28. The Morgan fingerprint density at radius 1 is 1.20 bits per heavy atom. The molecule has 1 unspecified atom stereocenters. The number of allylic oxidation sites excluding steroid dienone is 1. The normalized spacial score (nSPS) is 19.2. The predicted octanol–water partition coefficient (Wildman–Crippen LogP) is 5.20. The van der Waals surface area contributed by atoms with Crippen LogP contribution in [0.4, 0.5) is 4.79 Å². The molecule has 1 aliphatic heterocycles. The minimum Gasteiger partial charge on any atom is -0.494 e. The van der Waals surface area contributed by atoms with Gasteiger partial charge in [-0.25, -0.2) is 14.6 Å². The number of carbonyl (C=O) groups excluding carboxylic acids is 2. The molecule has 0 saturated carbocycles. The molecule has 2 aromatic rings. The van der Waals surface area contributed by atoms with Gasteiger partial charge in [0, 0.05) is 17.2 Å². The van der Waals surface area contributed by atoms with Crippen molar-refractivity contribution in [2.24, 2.45) is 11.8 Å². The second kappa shape index (κ2) is 13.7. The second-order valence-electron chi connectivity index (χ2n) is 11.7. The highest BCUT2D eigenvalue weighted by molar-refractivity contribution is 5.92. The zero-order chi connectivity index (χ0) is 30.3. The molecule has 5 atom stereocenters. The average molecular weight is 570 g/mol. The number of pyridine rings is 1. The Kier molecular flexibility index (Phi) is 10.6. The summed E-state index contributed by atoms with van der Waals surface area (Å²) in [4.78, 5) is 44.7. The van der Waals surface area contributed by atoms with Crippen LogP contribution >= 0.6 is 0 Å². The van der Waals surface area contributed by atoms with E-state index in [-0.39, 0.29) is 18.9 Å². The van der Waals surface area contributed by atoms with Gasteiger partial charge in [-0.1, -0.05) is 44.5 Å². The molecule has 0 bridgehead atoms. The Hall–Kier alpha value is -3.82. The molecule has 0 aliphatic carbocycles. The maximum Gasteiger partial charge on any atom is 0.408 e. The molecule has 1 aromatic carbocycles. The molecule has 2 amide bonds. The smallest absolute Gasteiger partial charge is 0.408 e. The topological polar surface area (TPSA) is 127 Å². The van der Waals surface area contributed by atoms with Crippen molar-refractivity contribution in [2.45, 2.75) is 84.1 Å². The number of alkyl carbamates (subject to hydrolysis) is 1. The van der Waals surface area contributed by atoms with Crippen molar-refractivity contribution in [1.29, 1.82) is 0 Å². The number of nitrogens with zero attached hydrogens (tertiary/aromatic N) is 2. The van der Waals surface area contributed by atoms with Crippen LogP contribution in [0.1, 0.15) is 60.3 Å². The van der Waals surface area contributed by atoms with E-state index in [1.54, 1.807) is 34.1 Å². The number of likely N-dealkylation sites (tertiary alicyclic amines) is 1. The number of aromatic nitrogens is 1. The quantitative estimate of drug-likeness (QED) is 0.334. The van der Waals surface area contributed by atoms with Gasteiger partial charge in [0.2, 0.25) is 11.8 Å². The summed E-state index contributed by atoms with van der Waals surface area (Å²) in [5, 5.41) is 14.3. The van der Waals surface area contributed by atoms with Crippen molar-refractivity contribution in [3.63, 3.8) is 0 Å². The fourth-order valence-electron chi connectivity index (χ4n) is 5.02. The number of benzene rings is 1. The third-order valence-corrected chi connectivity index (χ3v) is 7.28. The van der Waals surface area contributed by atoms with Crippen molar-refractivity contribution in [3.05, 3.63) is 43.1 Å². The number of fused-ring (bicyclic) bond motifs is 1. The van der Waals surface area contributed by atoms with Crippen LogP contribution in [0.5, 0.6) is 11.6 Å². The summed E-state index contributed by atoms with van der Waals surface area (Å²) in [6.45, 7) is 13.0. The van der Waals surface area contributed by atoms with Crippen LogP contribution in [-0.4, -0.2) is 70.4 Å². The monoisotopic (exact) mass is 569 g/mol. The van der Waals surface area contributed by atoms with Gasteiger partial charge in [-0.15, -0.1) is 6.58 Å². The maximum absolute atomic E-state index is 13.9. The molecule has 224 valence electrons. The summed E-state index contributed by atoms with van der Waals surface area (Å²) >= 11 is 0. The summed E-state index contributed by atoms with van der Waals surface area (Å²) in [6, 6.07) is 5.38. The van der Waals surface area contributed by atoms with Gasteiger partial charge in [-0.2, -0.15) is 0 Å². The first-order valence-electron chi connectivity index (χ1n) is 14.1. The third kappa shape index (κ3) is 8.34. The highest BCUT2D eigenvalue weighted by Crippen LogP contribution is 2.33. The van der Waals surface area contributed by atoms with Crippen LogP contribution in [0.15, 0.2) is 43.1 Å². The fraction of sp³-hybridized carbons (Fsp3) is 0.548. The van der Waals surface area contributed by atoms with E-state index in [9.17, 15) is 19.5 Å². The van der Waals surface area contributed by atoms with E-state index in [0.717, 1.165) is 23.6 Å². The minimum absolute atomic E-state index is 0.0323.